The van der Waals surface area contributed by atoms with E-state index in [9.17, 15) is 4.79 Å². The van der Waals surface area contributed by atoms with Gasteiger partial charge in [0.05, 0.1) is 5.54 Å². The van der Waals surface area contributed by atoms with Gasteiger partial charge in [0.25, 0.3) is 0 Å². The number of nitrogens with zero attached hydrogens (tertiary/aromatic N) is 2. The van der Waals surface area contributed by atoms with Gasteiger partial charge in [0.15, 0.2) is 0 Å². The molecule has 3 heteroatoms. The Kier molecular flexibility index (Phi) is 3.64. The fourth-order valence-electron chi connectivity index (χ4n) is 3.38. The van der Waals surface area contributed by atoms with E-state index in [0.29, 0.717) is 0 Å². The Morgan fingerprint density at radius 1 is 1.24 bits per heavy atom. The Labute approximate surface area is 105 Å². The van der Waals surface area contributed by atoms with Crippen LogP contribution in [0.3, 0.4) is 0 Å². The van der Waals surface area contributed by atoms with E-state index < -0.39 is 0 Å². The highest BCUT2D eigenvalue weighted by Gasteiger charge is 2.40. The minimum atomic E-state index is 0.0144. The molecule has 1 aliphatic carbocycles. The zero-order valence-corrected chi connectivity index (χ0v) is 11.5. The molecule has 3 nitrogen and oxygen atoms in total. The van der Waals surface area contributed by atoms with Crippen molar-refractivity contribution in [3.8, 4) is 0 Å². The molecule has 0 bridgehead atoms. The molecule has 1 heterocycles. The first-order valence-electron chi connectivity index (χ1n) is 7.03. The van der Waals surface area contributed by atoms with Crippen LogP contribution >= 0.6 is 0 Å². The molecular formula is C14H26N2O. The first-order chi connectivity index (χ1) is 8.00. The molecule has 17 heavy (non-hydrogen) atoms. The van der Waals surface area contributed by atoms with E-state index in [2.05, 4.69) is 18.7 Å². The van der Waals surface area contributed by atoms with Crippen LogP contribution < -0.4 is 0 Å². The van der Waals surface area contributed by atoms with Crippen LogP contribution in [0.4, 0.5) is 4.79 Å². The second-order valence-electron chi connectivity index (χ2n) is 6.40. The lowest BCUT2D eigenvalue weighted by Crippen LogP contribution is -2.43. The molecule has 2 aliphatic rings. The zero-order valence-electron chi connectivity index (χ0n) is 11.5. The Morgan fingerprint density at radius 3 is 2.41 bits per heavy atom. The maximum Gasteiger partial charge on any atom is 0.320 e. The summed E-state index contributed by atoms with van der Waals surface area (Å²) >= 11 is 0. The van der Waals surface area contributed by atoms with E-state index in [1.165, 1.54) is 38.5 Å². The van der Waals surface area contributed by atoms with Gasteiger partial charge in [0.1, 0.15) is 0 Å². The van der Waals surface area contributed by atoms with Crippen LogP contribution in [-0.2, 0) is 0 Å². The molecule has 1 saturated heterocycles. The van der Waals surface area contributed by atoms with Crippen molar-refractivity contribution in [2.75, 3.05) is 20.1 Å². The summed E-state index contributed by atoms with van der Waals surface area (Å²) in [4.78, 5) is 16.0. The van der Waals surface area contributed by atoms with Crippen LogP contribution in [0.2, 0.25) is 0 Å². The van der Waals surface area contributed by atoms with Crippen molar-refractivity contribution < 1.29 is 4.79 Å². The van der Waals surface area contributed by atoms with Gasteiger partial charge in [0, 0.05) is 20.1 Å². The smallest absolute Gasteiger partial charge is 0.320 e. The van der Waals surface area contributed by atoms with Crippen molar-refractivity contribution in [2.45, 2.75) is 57.9 Å². The summed E-state index contributed by atoms with van der Waals surface area (Å²) in [6, 6.07) is 0.214. The topological polar surface area (TPSA) is 23.6 Å². The van der Waals surface area contributed by atoms with Crippen molar-refractivity contribution in [1.82, 2.24) is 9.80 Å². The van der Waals surface area contributed by atoms with Gasteiger partial charge in [0.2, 0.25) is 0 Å². The minimum absolute atomic E-state index is 0.0144. The molecule has 0 N–H and O–H groups in total. The van der Waals surface area contributed by atoms with Crippen molar-refractivity contribution in [1.29, 1.82) is 0 Å². The summed E-state index contributed by atoms with van der Waals surface area (Å²) in [5.74, 6) is 0.859. The van der Waals surface area contributed by atoms with Crippen LogP contribution in [0.25, 0.3) is 0 Å². The van der Waals surface area contributed by atoms with Gasteiger partial charge in [-0.2, -0.15) is 0 Å². The molecule has 0 radical (unpaired) electrons. The van der Waals surface area contributed by atoms with Gasteiger partial charge in [-0.15, -0.1) is 0 Å². The quantitative estimate of drug-likeness (QED) is 0.741. The summed E-state index contributed by atoms with van der Waals surface area (Å²) in [5, 5.41) is 0. The Morgan fingerprint density at radius 2 is 1.88 bits per heavy atom. The van der Waals surface area contributed by atoms with E-state index in [1.54, 1.807) is 0 Å². The van der Waals surface area contributed by atoms with Crippen molar-refractivity contribution in [3.63, 3.8) is 0 Å². The first kappa shape index (κ1) is 12.7. The van der Waals surface area contributed by atoms with Gasteiger partial charge in [-0.05, 0) is 26.2 Å². The number of urea groups is 1. The summed E-state index contributed by atoms with van der Waals surface area (Å²) in [5.41, 5.74) is 0.0144. The molecule has 0 atom stereocenters. The summed E-state index contributed by atoms with van der Waals surface area (Å²) in [7, 11) is 1.91. The average molecular weight is 238 g/mol. The Bertz CT molecular complexity index is 282. The van der Waals surface area contributed by atoms with Gasteiger partial charge in [-0.25, -0.2) is 4.79 Å². The number of carbonyl (C=O) groups is 1. The van der Waals surface area contributed by atoms with E-state index in [1.807, 2.05) is 11.9 Å². The van der Waals surface area contributed by atoms with E-state index >= 15 is 0 Å². The predicted molar refractivity (Wildman–Crippen MR) is 70.0 cm³/mol. The molecular weight excluding hydrogens is 212 g/mol. The molecule has 0 aromatic heterocycles. The Hall–Kier alpha value is -0.730. The summed E-state index contributed by atoms with van der Waals surface area (Å²) < 4.78 is 0. The molecule has 2 amide bonds. The second-order valence-corrected chi connectivity index (χ2v) is 6.40. The SMILES string of the molecule is CN1CC(C)(C)N(CCC2CCCCC2)C1=O. The van der Waals surface area contributed by atoms with Crippen molar-refractivity contribution in [3.05, 3.63) is 0 Å². The third-order valence-electron chi connectivity index (χ3n) is 4.40. The minimum Gasteiger partial charge on any atom is -0.325 e. The molecule has 0 aromatic carbocycles. The molecule has 98 valence electrons. The van der Waals surface area contributed by atoms with E-state index in [4.69, 9.17) is 0 Å². The molecule has 1 saturated carbocycles. The highest BCUT2D eigenvalue weighted by Crippen LogP contribution is 2.30. The maximum absolute atomic E-state index is 12.0. The number of hydrogen-bond acceptors (Lipinski definition) is 1. The molecule has 0 spiro atoms. The summed E-state index contributed by atoms with van der Waals surface area (Å²) in [6.07, 6.45) is 8.14. The van der Waals surface area contributed by atoms with Gasteiger partial charge < -0.3 is 9.80 Å². The maximum atomic E-state index is 12.0. The van der Waals surface area contributed by atoms with Gasteiger partial charge in [-0.1, -0.05) is 32.1 Å². The van der Waals surface area contributed by atoms with E-state index in [-0.39, 0.29) is 11.6 Å². The standard InChI is InChI=1S/C14H26N2O/c1-14(2)11-15(3)13(17)16(14)10-9-12-7-5-4-6-8-12/h12H,4-11H2,1-3H3. The highest BCUT2D eigenvalue weighted by molar-refractivity contribution is 5.77. The van der Waals surface area contributed by atoms with Crippen LogP contribution in [0.15, 0.2) is 0 Å². The lowest BCUT2D eigenvalue weighted by atomic mass is 9.86. The Balaban J connectivity index is 1.87. The lowest BCUT2D eigenvalue weighted by Gasteiger charge is -2.31. The lowest BCUT2D eigenvalue weighted by molar-refractivity contribution is 0.162. The van der Waals surface area contributed by atoms with Crippen LogP contribution in [0.1, 0.15) is 52.4 Å². The normalized spacial score (nSPS) is 25.7. The first-order valence-corrected chi connectivity index (χ1v) is 7.03. The molecule has 1 aliphatic heterocycles. The number of rotatable bonds is 3. The third-order valence-corrected chi connectivity index (χ3v) is 4.40. The number of hydrogen-bond donors (Lipinski definition) is 0. The summed E-state index contributed by atoms with van der Waals surface area (Å²) in [6.45, 7) is 6.15. The fourth-order valence-corrected chi connectivity index (χ4v) is 3.38. The fraction of sp³-hybridized carbons (Fsp3) is 0.929. The number of likely N-dealkylation sites (N-methyl/N-ethyl adjacent to an activating group) is 1. The van der Waals surface area contributed by atoms with Crippen LogP contribution in [-0.4, -0.2) is 41.5 Å². The highest BCUT2D eigenvalue weighted by atomic mass is 16.2. The van der Waals surface area contributed by atoms with Crippen LogP contribution in [0, 0.1) is 5.92 Å². The van der Waals surface area contributed by atoms with Crippen molar-refractivity contribution in [2.24, 2.45) is 5.92 Å². The monoisotopic (exact) mass is 238 g/mol. The zero-order chi connectivity index (χ0) is 12.5. The van der Waals surface area contributed by atoms with E-state index in [0.717, 1.165) is 19.0 Å². The number of amides is 2. The molecule has 2 fully saturated rings. The average Bonchev–Trinajstić information content (AvgIpc) is 2.48. The second kappa shape index (κ2) is 4.87. The van der Waals surface area contributed by atoms with Crippen molar-refractivity contribution >= 4 is 6.03 Å². The van der Waals surface area contributed by atoms with Crippen LogP contribution in [0.5, 0.6) is 0 Å². The number of carbonyl (C=O) groups excluding carboxylic acids is 1. The predicted octanol–water partition coefficient (Wildman–Crippen LogP) is 3.10. The van der Waals surface area contributed by atoms with Gasteiger partial charge in [-0.3, -0.25) is 0 Å². The largest absolute Gasteiger partial charge is 0.325 e. The molecule has 0 aromatic rings. The van der Waals surface area contributed by atoms with Gasteiger partial charge >= 0.3 is 6.03 Å². The third kappa shape index (κ3) is 2.75. The molecule has 2 rings (SSSR count). The molecule has 0 unspecified atom stereocenters.